The summed E-state index contributed by atoms with van der Waals surface area (Å²) in [5, 5.41) is 4.97. The maximum Gasteiger partial charge on any atom is 0.0543 e. The van der Waals surface area contributed by atoms with Crippen LogP contribution in [0.15, 0.2) is 194 Å². The van der Waals surface area contributed by atoms with E-state index in [1.165, 1.54) is 93.9 Å². The average molecular weight is 769 g/mol. The Morgan fingerprint density at radius 3 is 1.68 bits per heavy atom. The van der Waals surface area contributed by atoms with Gasteiger partial charge in [-0.05, 0) is 104 Å². The highest BCUT2D eigenvalue weighted by atomic mass is 15.1. The first-order valence-corrected chi connectivity index (χ1v) is 21.2. The Labute approximate surface area is 351 Å². The second-order valence-electron chi connectivity index (χ2n) is 17.7. The van der Waals surface area contributed by atoms with E-state index >= 15 is 0 Å². The summed E-state index contributed by atoms with van der Waals surface area (Å²) in [6, 6.07) is 72.5. The standard InChI is InChI=1S/C58H44N2/c1-57(2)48-25-11-7-20-42(48)46-35-38(31-33-50(46)57)60(55-30-16-27-51-56(55)45-23-8-12-26-49(45)58(51,3)4)54-34-32-39(36-47(54)41-24-15-18-37-17-5-6-19-40(37)41)59-52-28-13-9-21-43(52)44-22-10-14-29-53(44)59/h5-36H,1-4H3. The van der Waals surface area contributed by atoms with E-state index in [4.69, 9.17) is 0 Å². The van der Waals surface area contributed by atoms with Gasteiger partial charge in [-0.2, -0.15) is 0 Å². The maximum absolute atomic E-state index is 2.57. The van der Waals surface area contributed by atoms with Crippen LogP contribution in [-0.2, 0) is 10.8 Å². The van der Waals surface area contributed by atoms with Crippen molar-refractivity contribution >= 4 is 49.6 Å². The van der Waals surface area contributed by atoms with Gasteiger partial charge < -0.3 is 9.47 Å². The Balaban J connectivity index is 1.20. The van der Waals surface area contributed by atoms with Crippen LogP contribution in [0.4, 0.5) is 17.1 Å². The Hall–Kier alpha value is -7.16. The van der Waals surface area contributed by atoms with Gasteiger partial charge in [0.25, 0.3) is 0 Å². The minimum atomic E-state index is -0.145. The number of nitrogens with zero attached hydrogens (tertiary/aromatic N) is 2. The molecule has 60 heavy (non-hydrogen) atoms. The monoisotopic (exact) mass is 768 g/mol. The van der Waals surface area contributed by atoms with Gasteiger partial charge in [0.2, 0.25) is 0 Å². The van der Waals surface area contributed by atoms with Crippen LogP contribution in [0, 0.1) is 0 Å². The highest BCUT2D eigenvalue weighted by molar-refractivity contribution is 6.10. The van der Waals surface area contributed by atoms with E-state index in [9.17, 15) is 0 Å². The molecule has 1 aromatic heterocycles. The quantitative estimate of drug-likeness (QED) is 0.169. The van der Waals surface area contributed by atoms with E-state index in [1.54, 1.807) is 0 Å². The Morgan fingerprint density at radius 1 is 0.367 bits per heavy atom. The fourth-order valence-electron chi connectivity index (χ4n) is 10.9. The second kappa shape index (κ2) is 12.7. The Morgan fingerprint density at radius 2 is 0.917 bits per heavy atom. The van der Waals surface area contributed by atoms with E-state index in [0.29, 0.717) is 0 Å². The molecular weight excluding hydrogens is 725 g/mol. The van der Waals surface area contributed by atoms with E-state index in [2.05, 4.69) is 231 Å². The third-order valence-corrected chi connectivity index (χ3v) is 13.8. The molecule has 0 amide bonds. The van der Waals surface area contributed by atoms with Crippen LogP contribution in [0.25, 0.3) is 71.6 Å². The van der Waals surface area contributed by atoms with Crippen LogP contribution in [0.2, 0.25) is 0 Å². The van der Waals surface area contributed by atoms with Crippen molar-refractivity contribution in [1.29, 1.82) is 0 Å². The van der Waals surface area contributed by atoms with Crippen LogP contribution < -0.4 is 4.90 Å². The number of hydrogen-bond acceptors (Lipinski definition) is 1. The zero-order valence-corrected chi connectivity index (χ0v) is 34.4. The summed E-state index contributed by atoms with van der Waals surface area (Å²) in [5.74, 6) is 0. The molecule has 2 nitrogen and oxygen atoms in total. The summed E-state index contributed by atoms with van der Waals surface area (Å²) in [7, 11) is 0. The van der Waals surface area contributed by atoms with Gasteiger partial charge >= 0.3 is 0 Å². The van der Waals surface area contributed by atoms with Crippen molar-refractivity contribution in [3.63, 3.8) is 0 Å². The molecule has 286 valence electrons. The lowest BCUT2D eigenvalue weighted by Crippen LogP contribution is -2.17. The van der Waals surface area contributed by atoms with Crippen molar-refractivity contribution in [2.24, 2.45) is 0 Å². The molecule has 0 aliphatic heterocycles. The molecule has 0 unspecified atom stereocenters. The minimum absolute atomic E-state index is 0.0929. The number of aromatic nitrogens is 1. The summed E-state index contributed by atoms with van der Waals surface area (Å²) < 4.78 is 2.45. The molecule has 9 aromatic carbocycles. The normalized spacial score (nSPS) is 14.3. The summed E-state index contributed by atoms with van der Waals surface area (Å²) in [5.41, 5.74) is 19.8. The number of benzene rings is 9. The van der Waals surface area contributed by atoms with Crippen LogP contribution in [0.5, 0.6) is 0 Å². The fourth-order valence-corrected chi connectivity index (χ4v) is 10.9. The average Bonchev–Trinajstić information content (AvgIpc) is 3.84. The highest BCUT2D eigenvalue weighted by Gasteiger charge is 2.39. The first kappa shape index (κ1) is 34.8. The lowest BCUT2D eigenvalue weighted by molar-refractivity contribution is 0.660. The summed E-state index contributed by atoms with van der Waals surface area (Å²) >= 11 is 0. The smallest absolute Gasteiger partial charge is 0.0543 e. The molecule has 12 rings (SSSR count). The lowest BCUT2D eigenvalue weighted by Gasteiger charge is -2.32. The minimum Gasteiger partial charge on any atom is -0.309 e. The van der Waals surface area contributed by atoms with E-state index < -0.39 is 0 Å². The van der Waals surface area contributed by atoms with Crippen LogP contribution in [0.3, 0.4) is 0 Å². The van der Waals surface area contributed by atoms with Gasteiger partial charge in [-0.3, -0.25) is 0 Å². The third-order valence-electron chi connectivity index (χ3n) is 13.8. The molecule has 0 atom stereocenters. The zero-order valence-electron chi connectivity index (χ0n) is 34.4. The predicted octanol–water partition coefficient (Wildman–Crippen LogP) is 15.7. The van der Waals surface area contributed by atoms with Crippen LogP contribution in [0.1, 0.15) is 49.9 Å². The number of hydrogen-bond donors (Lipinski definition) is 0. The number of fused-ring (bicyclic) bond motifs is 10. The molecule has 10 aromatic rings. The molecule has 2 heteroatoms. The molecule has 0 saturated heterocycles. The molecule has 2 aliphatic carbocycles. The first-order chi connectivity index (χ1) is 29.3. The molecule has 0 fully saturated rings. The van der Waals surface area contributed by atoms with Gasteiger partial charge in [0.1, 0.15) is 0 Å². The van der Waals surface area contributed by atoms with E-state index in [-0.39, 0.29) is 10.8 Å². The second-order valence-corrected chi connectivity index (χ2v) is 17.7. The Bertz CT molecular complexity index is 3340. The van der Waals surface area contributed by atoms with E-state index in [1.807, 2.05) is 0 Å². The van der Waals surface area contributed by atoms with E-state index in [0.717, 1.165) is 17.1 Å². The topological polar surface area (TPSA) is 8.17 Å². The van der Waals surface area contributed by atoms with Gasteiger partial charge in [-0.1, -0.05) is 173 Å². The van der Waals surface area contributed by atoms with Gasteiger partial charge in [0.15, 0.2) is 0 Å². The van der Waals surface area contributed by atoms with Crippen molar-refractivity contribution in [1.82, 2.24) is 4.57 Å². The molecule has 0 spiro atoms. The summed E-state index contributed by atoms with van der Waals surface area (Å²) in [6.07, 6.45) is 0. The molecular formula is C58H44N2. The van der Waals surface area contributed by atoms with Gasteiger partial charge in [0.05, 0.1) is 22.4 Å². The zero-order chi connectivity index (χ0) is 40.3. The van der Waals surface area contributed by atoms with Crippen molar-refractivity contribution in [3.05, 3.63) is 216 Å². The number of para-hydroxylation sites is 2. The molecule has 0 radical (unpaired) electrons. The lowest BCUT2D eigenvalue weighted by atomic mass is 9.82. The molecule has 2 aliphatic rings. The molecule has 0 bridgehead atoms. The number of rotatable bonds is 5. The van der Waals surface area contributed by atoms with Crippen LogP contribution in [-0.4, -0.2) is 4.57 Å². The Kier molecular flexibility index (Phi) is 7.36. The van der Waals surface area contributed by atoms with Crippen molar-refractivity contribution in [2.75, 3.05) is 4.90 Å². The van der Waals surface area contributed by atoms with Gasteiger partial charge in [0, 0.05) is 44.1 Å². The predicted molar refractivity (Wildman–Crippen MR) is 254 cm³/mol. The van der Waals surface area contributed by atoms with Crippen molar-refractivity contribution in [2.45, 2.75) is 38.5 Å². The largest absolute Gasteiger partial charge is 0.309 e. The van der Waals surface area contributed by atoms with Gasteiger partial charge in [-0.25, -0.2) is 0 Å². The third kappa shape index (κ3) is 4.82. The maximum atomic E-state index is 2.57. The van der Waals surface area contributed by atoms with Crippen molar-refractivity contribution < 1.29 is 0 Å². The van der Waals surface area contributed by atoms with Gasteiger partial charge in [-0.15, -0.1) is 0 Å². The van der Waals surface area contributed by atoms with Crippen molar-refractivity contribution in [3.8, 4) is 39.1 Å². The SMILES string of the molecule is CC1(C)c2ccccc2-c2cc(N(c3ccc(-n4c5ccccc5c5ccccc54)cc3-c3cccc4ccccc34)c3cccc4c3-c3ccccc3C4(C)C)ccc21. The fraction of sp³-hybridized carbons (Fsp3) is 0.103. The summed E-state index contributed by atoms with van der Waals surface area (Å²) in [6.45, 7) is 9.49. The molecule has 1 heterocycles. The molecule has 0 N–H and O–H groups in total. The first-order valence-electron chi connectivity index (χ1n) is 21.2. The summed E-state index contributed by atoms with van der Waals surface area (Å²) in [4.78, 5) is 2.57. The highest BCUT2D eigenvalue weighted by Crippen LogP contribution is 2.57. The molecule has 0 saturated carbocycles. The van der Waals surface area contributed by atoms with Crippen LogP contribution >= 0.6 is 0 Å². The number of anilines is 3.